The number of halogens is 1. The van der Waals surface area contributed by atoms with Crippen LogP contribution < -0.4 is 26.0 Å². The number of nitrogens with zero attached hydrogens (tertiary/aromatic N) is 1. The van der Waals surface area contributed by atoms with Gasteiger partial charge in [0.1, 0.15) is 17.9 Å². The number of methoxy groups -OCH3 is 1. The molecular weight excluding hydrogens is 436 g/mol. The van der Waals surface area contributed by atoms with E-state index in [9.17, 15) is 14.4 Å². The van der Waals surface area contributed by atoms with Gasteiger partial charge in [0.15, 0.2) is 11.5 Å². The molecule has 11 heteroatoms. The number of rotatable bonds is 7. The number of imide groups is 2. The van der Waals surface area contributed by atoms with Gasteiger partial charge in [-0.05, 0) is 52.2 Å². The summed E-state index contributed by atoms with van der Waals surface area (Å²) in [5.41, 5.74) is 1.23. The third-order valence-electron chi connectivity index (χ3n) is 3.51. The normalized spacial score (nSPS) is 14.2. The Labute approximate surface area is 168 Å². The molecular formula is C17H17BrN4O6. The van der Waals surface area contributed by atoms with Crippen molar-refractivity contribution in [2.24, 2.45) is 11.1 Å². The predicted octanol–water partition coefficient (Wildman–Crippen LogP) is 1.41. The molecule has 0 spiro atoms. The Bertz CT molecular complexity index is 887. The number of ether oxygens (including phenoxy) is 2. The Kier molecular flexibility index (Phi) is 6.90. The summed E-state index contributed by atoms with van der Waals surface area (Å²) in [6.07, 6.45) is 1.32. The van der Waals surface area contributed by atoms with Crippen molar-refractivity contribution in [1.29, 1.82) is 0 Å². The summed E-state index contributed by atoms with van der Waals surface area (Å²) < 4.78 is 11.5. The summed E-state index contributed by atoms with van der Waals surface area (Å²) in [6.45, 7) is 5.48. The van der Waals surface area contributed by atoms with E-state index >= 15 is 0 Å². The average Bonchev–Trinajstić information content (AvgIpc) is 2.62. The highest BCUT2D eigenvalue weighted by Gasteiger charge is 2.28. The Morgan fingerprint density at radius 1 is 1.29 bits per heavy atom. The molecule has 1 aliphatic heterocycles. The van der Waals surface area contributed by atoms with Crippen LogP contribution in [0.15, 0.2) is 39.5 Å². The molecule has 1 aliphatic rings. The van der Waals surface area contributed by atoms with Gasteiger partial charge >= 0.3 is 6.03 Å². The van der Waals surface area contributed by atoms with Crippen LogP contribution in [0.5, 0.6) is 11.5 Å². The van der Waals surface area contributed by atoms with Crippen LogP contribution in [0.3, 0.4) is 0 Å². The number of barbiturate groups is 1. The third-order valence-corrected chi connectivity index (χ3v) is 4.10. The number of benzene rings is 1. The van der Waals surface area contributed by atoms with Crippen LogP contribution in [0.2, 0.25) is 0 Å². The molecule has 1 heterocycles. The molecule has 2 rings (SSSR count). The van der Waals surface area contributed by atoms with Gasteiger partial charge in [-0.25, -0.2) is 4.79 Å². The SMILES string of the molecule is C=C(C)/C(COc1c(Br)cc(C=C2C(=O)NC(=O)NC2=O)cc1OC)=N\ON. The fourth-order valence-electron chi connectivity index (χ4n) is 2.17. The second kappa shape index (κ2) is 9.15. The number of urea groups is 1. The number of carbonyl (C=O) groups is 3. The van der Waals surface area contributed by atoms with Crippen molar-refractivity contribution < 1.29 is 28.8 Å². The lowest BCUT2D eigenvalue weighted by Gasteiger charge is -2.16. The van der Waals surface area contributed by atoms with E-state index in [4.69, 9.17) is 15.4 Å². The number of hydrogen-bond acceptors (Lipinski definition) is 8. The molecule has 0 aromatic heterocycles. The van der Waals surface area contributed by atoms with E-state index in [1.807, 2.05) is 10.6 Å². The van der Waals surface area contributed by atoms with Gasteiger partial charge in [-0.3, -0.25) is 20.2 Å². The van der Waals surface area contributed by atoms with E-state index in [1.165, 1.54) is 13.2 Å². The first-order chi connectivity index (χ1) is 13.3. The fraction of sp³-hybridized carbons (Fsp3) is 0.176. The summed E-state index contributed by atoms with van der Waals surface area (Å²) in [7, 11) is 1.43. The topological polar surface area (TPSA) is 141 Å². The Morgan fingerprint density at radius 2 is 1.93 bits per heavy atom. The fourth-order valence-corrected chi connectivity index (χ4v) is 2.74. The molecule has 0 unspecified atom stereocenters. The molecule has 1 fully saturated rings. The minimum atomic E-state index is -0.869. The van der Waals surface area contributed by atoms with Crippen molar-refractivity contribution in [3.8, 4) is 11.5 Å². The molecule has 10 nitrogen and oxygen atoms in total. The van der Waals surface area contributed by atoms with Crippen LogP contribution in [0.4, 0.5) is 4.79 Å². The minimum Gasteiger partial charge on any atom is -0.493 e. The van der Waals surface area contributed by atoms with Gasteiger partial charge in [0.05, 0.1) is 11.6 Å². The monoisotopic (exact) mass is 452 g/mol. The third kappa shape index (κ3) is 4.96. The van der Waals surface area contributed by atoms with Crippen molar-refractivity contribution in [2.45, 2.75) is 6.92 Å². The van der Waals surface area contributed by atoms with Gasteiger partial charge in [-0.15, -0.1) is 5.90 Å². The Hall–Kier alpha value is -3.18. The van der Waals surface area contributed by atoms with E-state index in [2.05, 4.69) is 32.6 Å². The molecule has 0 radical (unpaired) electrons. The number of carbonyl (C=O) groups excluding carboxylic acids is 3. The molecule has 4 N–H and O–H groups in total. The number of oxime groups is 1. The second-order valence-corrected chi connectivity index (χ2v) is 6.40. The van der Waals surface area contributed by atoms with Gasteiger partial charge in [-0.1, -0.05) is 11.7 Å². The molecule has 0 atom stereocenters. The Balaban J connectivity index is 2.33. The van der Waals surface area contributed by atoms with Crippen molar-refractivity contribution in [2.75, 3.05) is 13.7 Å². The lowest BCUT2D eigenvalue weighted by Crippen LogP contribution is -2.51. The second-order valence-electron chi connectivity index (χ2n) is 5.54. The zero-order valence-corrected chi connectivity index (χ0v) is 16.6. The van der Waals surface area contributed by atoms with Gasteiger partial charge in [0.2, 0.25) is 0 Å². The molecule has 0 saturated carbocycles. The molecule has 1 aromatic rings. The molecule has 0 aliphatic carbocycles. The van der Waals surface area contributed by atoms with Crippen LogP contribution in [-0.4, -0.2) is 37.3 Å². The highest BCUT2D eigenvalue weighted by atomic mass is 79.9. The summed E-state index contributed by atoms with van der Waals surface area (Å²) in [6, 6.07) is 2.30. The Morgan fingerprint density at radius 3 is 2.46 bits per heavy atom. The quantitative estimate of drug-likeness (QED) is 0.245. The largest absolute Gasteiger partial charge is 0.493 e. The van der Waals surface area contributed by atoms with Crippen molar-refractivity contribution in [3.05, 3.63) is 39.9 Å². The first-order valence-corrected chi connectivity index (χ1v) is 8.53. The van der Waals surface area contributed by atoms with Gasteiger partial charge in [0.25, 0.3) is 11.8 Å². The summed E-state index contributed by atoms with van der Waals surface area (Å²) in [4.78, 5) is 39.1. The molecule has 1 aromatic carbocycles. The van der Waals surface area contributed by atoms with E-state index in [1.54, 1.807) is 19.1 Å². The van der Waals surface area contributed by atoms with Crippen LogP contribution in [0.1, 0.15) is 12.5 Å². The van der Waals surface area contributed by atoms with Crippen molar-refractivity contribution in [1.82, 2.24) is 10.6 Å². The van der Waals surface area contributed by atoms with Gasteiger partial charge in [0, 0.05) is 0 Å². The first-order valence-electron chi connectivity index (χ1n) is 7.74. The van der Waals surface area contributed by atoms with Crippen molar-refractivity contribution >= 4 is 45.6 Å². The van der Waals surface area contributed by atoms with E-state index in [-0.39, 0.29) is 12.2 Å². The number of nitrogens with two attached hydrogens (primary N) is 1. The maximum absolute atomic E-state index is 11.9. The maximum atomic E-state index is 11.9. The van der Waals surface area contributed by atoms with E-state index in [0.29, 0.717) is 32.8 Å². The van der Waals surface area contributed by atoms with Crippen LogP contribution in [0.25, 0.3) is 6.08 Å². The summed E-state index contributed by atoms with van der Waals surface area (Å²) in [5.74, 6) is 4.03. The zero-order chi connectivity index (χ0) is 20.8. The molecule has 4 amide bonds. The van der Waals surface area contributed by atoms with Gasteiger partial charge < -0.3 is 14.4 Å². The molecule has 1 saturated heterocycles. The standard InChI is InChI=1S/C17H17BrN4O6/c1-8(2)12(22-28-19)7-27-14-11(18)5-9(6-13(14)26-3)4-10-15(23)20-17(25)21-16(10)24/h4-6H,1,7,19H2,2-3H3,(H2,20,21,23,24,25)/b22-12-. The van der Waals surface area contributed by atoms with E-state index < -0.39 is 17.8 Å². The lowest BCUT2D eigenvalue weighted by molar-refractivity contribution is -0.123. The smallest absolute Gasteiger partial charge is 0.328 e. The summed E-state index contributed by atoms with van der Waals surface area (Å²) >= 11 is 3.36. The summed E-state index contributed by atoms with van der Waals surface area (Å²) in [5, 5.41) is 7.63. The zero-order valence-electron chi connectivity index (χ0n) is 15.0. The maximum Gasteiger partial charge on any atom is 0.328 e. The number of amides is 4. The minimum absolute atomic E-state index is 0.00878. The highest BCUT2D eigenvalue weighted by molar-refractivity contribution is 9.10. The van der Waals surface area contributed by atoms with Crippen molar-refractivity contribution in [3.63, 3.8) is 0 Å². The van der Waals surface area contributed by atoms with Gasteiger partial charge in [-0.2, -0.15) is 0 Å². The average molecular weight is 453 g/mol. The molecule has 148 valence electrons. The number of nitrogens with one attached hydrogen (secondary N) is 2. The number of hydrogen-bond donors (Lipinski definition) is 3. The van der Waals surface area contributed by atoms with Crippen LogP contribution in [0, 0.1) is 0 Å². The van der Waals surface area contributed by atoms with Crippen LogP contribution >= 0.6 is 15.9 Å². The predicted molar refractivity (Wildman–Crippen MR) is 103 cm³/mol. The first kappa shape index (κ1) is 21.1. The lowest BCUT2D eigenvalue weighted by atomic mass is 10.1. The highest BCUT2D eigenvalue weighted by Crippen LogP contribution is 2.37. The molecule has 28 heavy (non-hydrogen) atoms. The van der Waals surface area contributed by atoms with Crippen LogP contribution in [-0.2, 0) is 14.5 Å². The molecule has 0 bridgehead atoms. The van der Waals surface area contributed by atoms with E-state index in [0.717, 1.165) is 0 Å².